The minimum Gasteiger partial charge on any atom is -0.415 e. The van der Waals surface area contributed by atoms with Crippen LogP contribution in [0.25, 0.3) is 11.5 Å². The van der Waals surface area contributed by atoms with E-state index in [-0.39, 0.29) is 18.0 Å². The monoisotopic (exact) mass is 255 g/mol. The number of halogens is 2. The second kappa shape index (κ2) is 4.86. The predicted octanol–water partition coefficient (Wildman–Crippen LogP) is 1.03. The van der Waals surface area contributed by atoms with Crippen molar-refractivity contribution in [3.8, 4) is 11.5 Å². The Morgan fingerprint density at radius 1 is 1.44 bits per heavy atom. The number of carbonyl (C=O) groups is 1. The molecule has 0 atom stereocenters. The molecular weight excluding hydrogens is 248 g/mol. The molecule has 0 saturated heterocycles. The number of rotatable bonds is 4. The lowest BCUT2D eigenvalue weighted by Crippen LogP contribution is -2.19. The van der Waals surface area contributed by atoms with E-state index in [0.29, 0.717) is 6.29 Å². The number of carbonyl (C=O) groups excluding carboxylic acids is 1. The molecule has 0 unspecified atom stereocenters. The van der Waals surface area contributed by atoms with Crippen molar-refractivity contribution >= 4 is 6.29 Å². The van der Waals surface area contributed by atoms with Crippen molar-refractivity contribution in [2.75, 3.05) is 0 Å². The van der Waals surface area contributed by atoms with Crippen LogP contribution in [0, 0.1) is 0 Å². The van der Waals surface area contributed by atoms with Gasteiger partial charge in [0.25, 0.3) is 11.4 Å². The smallest absolute Gasteiger partial charge is 0.314 e. The van der Waals surface area contributed by atoms with Crippen molar-refractivity contribution < 1.29 is 18.0 Å². The van der Waals surface area contributed by atoms with E-state index < -0.39 is 17.9 Å². The molecular formula is C10H7F2N3O3. The first-order chi connectivity index (χ1) is 8.61. The molecule has 8 heteroatoms. The highest BCUT2D eigenvalue weighted by atomic mass is 19.3. The highest BCUT2D eigenvalue weighted by Gasteiger charge is 2.17. The van der Waals surface area contributed by atoms with Crippen molar-refractivity contribution in [2.24, 2.45) is 0 Å². The molecule has 0 aliphatic heterocycles. The summed E-state index contributed by atoms with van der Waals surface area (Å²) in [6, 6.07) is 2.56. The van der Waals surface area contributed by atoms with E-state index >= 15 is 0 Å². The van der Waals surface area contributed by atoms with E-state index in [4.69, 9.17) is 4.42 Å². The largest absolute Gasteiger partial charge is 0.415 e. The zero-order valence-corrected chi connectivity index (χ0v) is 8.92. The zero-order valence-electron chi connectivity index (χ0n) is 8.92. The Morgan fingerprint density at radius 2 is 2.22 bits per heavy atom. The van der Waals surface area contributed by atoms with Crippen molar-refractivity contribution in [3.63, 3.8) is 0 Å². The Morgan fingerprint density at radius 3 is 2.78 bits per heavy atom. The van der Waals surface area contributed by atoms with Crippen LogP contribution in [0.4, 0.5) is 8.78 Å². The van der Waals surface area contributed by atoms with Gasteiger partial charge < -0.3 is 13.8 Å². The van der Waals surface area contributed by atoms with Gasteiger partial charge in [-0.25, -0.2) is 0 Å². The summed E-state index contributed by atoms with van der Waals surface area (Å²) in [5, 5.41) is 6.56. The van der Waals surface area contributed by atoms with Gasteiger partial charge in [-0.3, -0.25) is 4.79 Å². The van der Waals surface area contributed by atoms with Crippen LogP contribution in [-0.4, -0.2) is 21.1 Å². The summed E-state index contributed by atoms with van der Waals surface area (Å²) in [5.41, 5.74) is -0.238. The van der Waals surface area contributed by atoms with Crippen LogP contribution in [-0.2, 0) is 11.3 Å². The molecule has 2 aromatic rings. The van der Waals surface area contributed by atoms with Crippen molar-refractivity contribution in [2.45, 2.75) is 13.0 Å². The van der Waals surface area contributed by atoms with Crippen LogP contribution < -0.4 is 5.56 Å². The Bertz CT molecular complexity index is 621. The first kappa shape index (κ1) is 12.1. The molecule has 18 heavy (non-hydrogen) atoms. The summed E-state index contributed by atoms with van der Waals surface area (Å²) in [6.07, 6.45) is -0.942. The summed E-state index contributed by atoms with van der Waals surface area (Å²) >= 11 is 0. The van der Waals surface area contributed by atoms with Gasteiger partial charge >= 0.3 is 6.43 Å². The summed E-state index contributed by atoms with van der Waals surface area (Å²) in [5.74, 6) is -0.970. The van der Waals surface area contributed by atoms with E-state index in [9.17, 15) is 18.4 Å². The Balaban J connectivity index is 2.36. The molecule has 0 saturated carbocycles. The lowest BCUT2D eigenvalue weighted by Gasteiger charge is -2.00. The molecule has 0 amide bonds. The van der Waals surface area contributed by atoms with Gasteiger partial charge in [0.2, 0.25) is 5.89 Å². The molecule has 0 radical (unpaired) electrons. The molecule has 0 spiro atoms. The van der Waals surface area contributed by atoms with E-state index in [2.05, 4.69) is 10.2 Å². The van der Waals surface area contributed by atoms with Crippen LogP contribution in [0.15, 0.2) is 27.5 Å². The summed E-state index contributed by atoms with van der Waals surface area (Å²) in [4.78, 5) is 21.8. The highest BCUT2D eigenvalue weighted by Crippen LogP contribution is 2.21. The maximum absolute atomic E-state index is 12.2. The van der Waals surface area contributed by atoms with Crippen molar-refractivity contribution in [1.29, 1.82) is 0 Å². The first-order valence-electron chi connectivity index (χ1n) is 4.88. The number of aromatic nitrogens is 3. The number of aldehydes is 1. The van der Waals surface area contributed by atoms with Gasteiger partial charge in [0, 0.05) is 17.8 Å². The second-order valence-electron chi connectivity index (χ2n) is 3.32. The molecule has 0 aliphatic rings. The third-order valence-electron chi connectivity index (χ3n) is 2.14. The average molecular weight is 255 g/mol. The molecule has 0 N–H and O–H groups in total. The SMILES string of the molecule is O=CCn1ccc(-c2nnc(C(F)F)o2)cc1=O. The van der Waals surface area contributed by atoms with Gasteiger partial charge in [0.05, 0.1) is 6.54 Å². The number of pyridine rings is 1. The standard InChI is InChI=1S/C10H7F2N3O3/c11-8(12)10-14-13-9(18-10)6-1-2-15(3-4-16)7(17)5-6/h1-2,4-5,8H,3H2. The summed E-state index contributed by atoms with van der Waals surface area (Å²) in [7, 11) is 0. The fourth-order valence-electron chi connectivity index (χ4n) is 1.31. The second-order valence-corrected chi connectivity index (χ2v) is 3.32. The lowest BCUT2D eigenvalue weighted by molar-refractivity contribution is -0.108. The first-order valence-corrected chi connectivity index (χ1v) is 4.88. The summed E-state index contributed by atoms with van der Waals surface area (Å²) < 4.78 is 30.3. The molecule has 2 rings (SSSR count). The normalized spacial score (nSPS) is 10.8. The van der Waals surface area contributed by atoms with Crippen LogP contribution in [0.2, 0.25) is 0 Å². The summed E-state index contributed by atoms with van der Waals surface area (Å²) in [6.45, 7) is -0.0781. The minimum absolute atomic E-state index is 0.0781. The average Bonchev–Trinajstić information content (AvgIpc) is 2.81. The van der Waals surface area contributed by atoms with E-state index in [1.165, 1.54) is 12.3 Å². The number of nitrogens with zero attached hydrogens (tertiary/aromatic N) is 3. The molecule has 0 fully saturated rings. The zero-order chi connectivity index (χ0) is 13.1. The Labute approximate surface area is 98.9 Å². The van der Waals surface area contributed by atoms with Gasteiger partial charge in [-0.05, 0) is 6.07 Å². The third kappa shape index (κ3) is 2.31. The van der Waals surface area contributed by atoms with Crippen molar-refractivity contribution in [1.82, 2.24) is 14.8 Å². The number of hydrogen-bond acceptors (Lipinski definition) is 5. The fraction of sp³-hybridized carbons (Fsp3) is 0.200. The Kier molecular flexibility index (Phi) is 3.26. The lowest BCUT2D eigenvalue weighted by atomic mass is 10.2. The quantitative estimate of drug-likeness (QED) is 0.762. The predicted molar refractivity (Wildman–Crippen MR) is 55.0 cm³/mol. The molecule has 0 aromatic carbocycles. The Hall–Kier alpha value is -2.38. The van der Waals surface area contributed by atoms with Crippen LogP contribution >= 0.6 is 0 Å². The van der Waals surface area contributed by atoms with E-state index in [1.807, 2.05) is 0 Å². The minimum atomic E-state index is -2.86. The maximum Gasteiger partial charge on any atom is 0.314 e. The molecule has 6 nitrogen and oxygen atoms in total. The maximum atomic E-state index is 12.2. The third-order valence-corrected chi connectivity index (χ3v) is 2.14. The molecule has 0 aliphatic carbocycles. The van der Waals surface area contributed by atoms with E-state index in [0.717, 1.165) is 10.6 Å². The van der Waals surface area contributed by atoms with Gasteiger partial charge in [-0.1, -0.05) is 0 Å². The van der Waals surface area contributed by atoms with Gasteiger partial charge in [-0.2, -0.15) is 8.78 Å². The van der Waals surface area contributed by atoms with E-state index in [1.54, 1.807) is 0 Å². The molecule has 2 aromatic heterocycles. The van der Waals surface area contributed by atoms with Gasteiger partial charge in [-0.15, -0.1) is 10.2 Å². The highest BCUT2D eigenvalue weighted by molar-refractivity contribution is 5.52. The fourth-order valence-corrected chi connectivity index (χ4v) is 1.31. The van der Waals surface area contributed by atoms with Crippen LogP contribution in [0.1, 0.15) is 12.3 Å². The van der Waals surface area contributed by atoms with Crippen molar-refractivity contribution in [3.05, 3.63) is 34.6 Å². The van der Waals surface area contributed by atoms with Crippen LogP contribution in [0.3, 0.4) is 0 Å². The van der Waals surface area contributed by atoms with Gasteiger partial charge in [0.15, 0.2) is 0 Å². The molecule has 0 bridgehead atoms. The van der Waals surface area contributed by atoms with Crippen LogP contribution in [0.5, 0.6) is 0 Å². The number of alkyl halides is 2. The molecule has 94 valence electrons. The van der Waals surface area contributed by atoms with Gasteiger partial charge in [0.1, 0.15) is 6.29 Å². The topological polar surface area (TPSA) is 78.0 Å². The molecule has 2 heterocycles. The number of hydrogen-bond donors (Lipinski definition) is 0.